The van der Waals surface area contributed by atoms with Crippen molar-refractivity contribution in [3.05, 3.63) is 36.2 Å². The second kappa shape index (κ2) is 3.27. The molecule has 1 atom stereocenters. The third-order valence-electron chi connectivity index (χ3n) is 2.21. The van der Waals surface area contributed by atoms with Gasteiger partial charge in [0.1, 0.15) is 5.82 Å². The third kappa shape index (κ3) is 1.32. The van der Waals surface area contributed by atoms with E-state index in [2.05, 4.69) is 16.5 Å². The van der Waals surface area contributed by atoms with Crippen molar-refractivity contribution in [3.8, 4) is 0 Å². The van der Waals surface area contributed by atoms with Crippen molar-refractivity contribution in [1.29, 1.82) is 0 Å². The van der Waals surface area contributed by atoms with E-state index in [0.29, 0.717) is 0 Å². The lowest BCUT2D eigenvalue weighted by Gasteiger charge is -2.03. The maximum Gasteiger partial charge on any atom is 0.130 e. The van der Waals surface area contributed by atoms with Gasteiger partial charge in [-0.25, -0.2) is 4.98 Å². The quantitative estimate of drug-likeness (QED) is 0.759. The molecule has 3 nitrogen and oxygen atoms in total. The lowest BCUT2D eigenvalue weighted by atomic mass is 10.1. The van der Waals surface area contributed by atoms with Gasteiger partial charge in [0.25, 0.3) is 0 Å². The number of rotatable bonds is 2. The Morgan fingerprint density at radius 2 is 2.36 bits per heavy atom. The predicted octanol–water partition coefficient (Wildman–Crippen LogP) is 2.26. The van der Waals surface area contributed by atoms with Crippen molar-refractivity contribution >= 4 is 17.1 Å². The van der Waals surface area contributed by atoms with Crippen LogP contribution in [0.4, 0.5) is 0 Å². The molecule has 0 bridgehead atoms. The molecule has 2 rings (SSSR count). The molecule has 0 saturated heterocycles. The van der Waals surface area contributed by atoms with Crippen molar-refractivity contribution in [1.82, 2.24) is 9.97 Å². The Morgan fingerprint density at radius 1 is 1.57 bits per heavy atom. The second-order valence-corrected chi connectivity index (χ2v) is 3.25. The van der Waals surface area contributed by atoms with Crippen LogP contribution < -0.4 is 0 Å². The Kier molecular flexibility index (Phi) is 2.09. The molecule has 1 aromatic carbocycles. The van der Waals surface area contributed by atoms with Crippen LogP contribution in [0.1, 0.15) is 24.4 Å². The van der Waals surface area contributed by atoms with Gasteiger partial charge in [0, 0.05) is 5.56 Å². The van der Waals surface area contributed by atoms with Crippen LogP contribution >= 0.6 is 0 Å². The van der Waals surface area contributed by atoms with Gasteiger partial charge in [-0.15, -0.1) is 0 Å². The fourth-order valence-corrected chi connectivity index (χ4v) is 1.51. The number of aliphatic hydroxyl groups excluding tert-OH is 1. The van der Waals surface area contributed by atoms with Crippen molar-refractivity contribution in [2.24, 2.45) is 0 Å². The lowest BCUT2D eigenvalue weighted by Crippen LogP contribution is -1.91. The first-order chi connectivity index (χ1) is 6.72. The lowest BCUT2D eigenvalue weighted by molar-refractivity contribution is 0.200. The summed E-state index contributed by atoms with van der Waals surface area (Å²) in [6, 6.07) is 5.71. The number of H-pyrrole nitrogens is 1. The van der Waals surface area contributed by atoms with E-state index in [9.17, 15) is 5.11 Å². The molecule has 2 N–H and O–H groups in total. The molecule has 0 fully saturated rings. The van der Waals surface area contributed by atoms with Crippen molar-refractivity contribution < 1.29 is 5.11 Å². The smallest absolute Gasteiger partial charge is 0.130 e. The molecule has 2 aromatic rings. The van der Waals surface area contributed by atoms with Crippen LogP contribution in [0.3, 0.4) is 0 Å². The minimum Gasteiger partial charge on any atom is -0.389 e. The number of benzene rings is 1. The summed E-state index contributed by atoms with van der Waals surface area (Å²) in [5, 5.41) is 9.52. The van der Waals surface area contributed by atoms with Crippen molar-refractivity contribution in [3.63, 3.8) is 0 Å². The zero-order valence-electron chi connectivity index (χ0n) is 7.99. The Balaban J connectivity index is 2.72. The van der Waals surface area contributed by atoms with Gasteiger partial charge in [0.15, 0.2) is 0 Å². The van der Waals surface area contributed by atoms with E-state index in [-0.39, 0.29) is 0 Å². The van der Waals surface area contributed by atoms with E-state index in [1.165, 1.54) is 0 Å². The molecule has 0 aliphatic heterocycles. The topological polar surface area (TPSA) is 48.9 Å². The number of hydrogen-bond donors (Lipinski definition) is 2. The molecule has 0 amide bonds. The number of nitrogens with one attached hydrogen (secondary N) is 1. The van der Waals surface area contributed by atoms with Gasteiger partial charge in [0.2, 0.25) is 0 Å². The average Bonchev–Trinajstić information content (AvgIpc) is 2.59. The summed E-state index contributed by atoms with van der Waals surface area (Å²) >= 11 is 0. The number of para-hydroxylation sites is 1. The maximum absolute atomic E-state index is 9.52. The molecule has 1 unspecified atom stereocenters. The largest absolute Gasteiger partial charge is 0.389 e. The van der Waals surface area contributed by atoms with Gasteiger partial charge in [-0.2, -0.15) is 0 Å². The van der Waals surface area contributed by atoms with E-state index in [0.717, 1.165) is 22.4 Å². The highest BCUT2D eigenvalue weighted by molar-refractivity contribution is 5.80. The van der Waals surface area contributed by atoms with Gasteiger partial charge in [-0.05, 0) is 19.1 Å². The molecule has 0 saturated carbocycles. The van der Waals surface area contributed by atoms with Crippen LogP contribution in [0.2, 0.25) is 0 Å². The number of hydrogen-bond acceptors (Lipinski definition) is 2. The Hall–Kier alpha value is -1.61. The average molecular weight is 188 g/mol. The van der Waals surface area contributed by atoms with Gasteiger partial charge < -0.3 is 10.1 Å². The Bertz CT molecular complexity index is 471. The van der Waals surface area contributed by atoms with Crippen LogP contribution in [0.15, 0.2) is 24.8 Å². The minimum absolute atomic E-state index is 0.500. The monoisotopic (exact) mass is 188 g/mol. The van der Waals surface area contributed by atoms with Crippen LogP contribution in [-0.2, 0) is 0 Å². The fraction of sp³-hybridized carbons (Fsp3) is 0.182. The molecule has 0 aliphatic rings. The van der Waals surface area contributed by atoms with E-state index in [1.807, 2.05) is 18.2 Å². The molecular weight excluding hydrogens is 176 g/mol. The SMILES string of the molecule is C=Cc1nc2c(C(C)O)cccc2[nH]1. The molecule has 1 aromatic heterocycles. The number of aromatic amines is 1. The Morgan fingerprint density at radius 3 is 3.00 bits per heavy atom. The van der Waals surface area contributed by atoms with Crippen LogP contribution in [0.5, 0.6) is 0 Å². The normalized spacial score (nSPS) is 13.0. The molecular formula is C11H12N2O. The zero-order valence-corrected chi connectivity index (χ0v) is 7.99. The van der Waals surface area contributed by atoms with Crippen LogP contribution in [0, 0.1) is 0 Å². The molecule has 1 heterocycles. The number of imidazole rings is 1. The summed E-state index contributed by atoms with van der Waals surface area (Å²) in [6.07, 6.45) is 1.16. The first-order valence-corrected chi connectivity index (χ1v) is 4.51. The molecule has 3 heteroatoms. The number of aromatic nitrogens is 2. The summed E-state index contributed by atoms with van der Waals surface area (Å²) in [4.78, 5) is 7.42. The third-order valence-corrected chi connectivity index (χ3v) is 2.21. The van der Waals surface area contributed by atoms with Gasteiger partial charge in [0.05, 0.1) is 17.1 Å². The number of fused-ring (bicyclic) bond motifs is 1. The van der Waals surface area contributed by atoms with Crippen LogP contribution in [0.25, 0.3) is 17.1 Å². The molecule has 0 radical (unpaired) electrons. The van der Waals surface area contributed by atoms with Crippen molar-refractivity contribution in [2.45, 2.75) is 13.0 Å². The fourth-order valence-electron chi connectivity index (χ4n) is 1.51. The summed E-state index contributed by atoms with van der Waals surface area (Å²) in [5.74, 6) is 0.730. The molecule has 14 heavy (non-hydrogen) atoms. The summed E-state index contributed by atoms with van der Waals surface area (Å²) in [6.45, 7) is 5.38. The maximum atomic E-state index is 9.52. The molecule has 0 spiro atoms. The first-order valence-electron chi connectivity index (χ1n) is 4.51. The highest BCUT2D eigenvalue weighted by Crippen LogP contribution is 2.22. The van der Waals surface area contributed by atoms with E-state index < -0.39 is 6.10 Å². The first kappa shape index (κ1) is 8.97. The summed E-state index contributed by atoms with van der Waals surface area (Å²) < 4.78 is 0. The highest BCUT2D eigenvalue weighted by Gasteiger charge is 2.09. The zero-order chi connectivity index (χ0) is 10.1. The standard InChI is InChI=1S/C11H12N2O/c1-3-10-12-9-6-4-5-8(7(2)14)11(9)13-10/h3-7,14H,1H2,2H3,(H,12,13). The van der Waals surface area contributed by atoms with E-state index in [4.69, 9.17) is 0 Å². The van der Waals surface area contributed by atoms with Crippen LogP contribution in [-0.4, -0.2) is 15.1 Å². The van der Waals surface area contributed by atoms with Gasteiger partial charge >= 0.3 is 0 Å². The highest BCUT2D eigenvalue weighted by atomic mass is 16.3. The van der Waals surface area contributed by atoms with Gasteiger partial charge in [-0.3, -0.25) is 0 Å². The summed E-state index contributed by atoms with van der Waals surface area (Å²) in [7, 11) is 0. The Labute approximate surface area is 82.1 Å². The molecule has 0 aliphatic carbocycles. The predicted molar refractivity (Wildman–Crippen MR) is 56.8 cm³/mol. The number of aliphatic hydroxyl groups is 1. The van der Waals surface area contributed by atoms with Gasteiger partial charge in [-0.1, -0.05) is 18.7 Å². The van der Waals surface area contributed by atoms with Crippen molar-refractivity contribution in [2.75, 3.05) is 0 Å². The minimum atomic E-state index is -0.500. The van der Waals surface area contributed by atoms with E-state index in [1.54, 1.807) is 13.0 Å². The molecule has 72 valence electrons. The number of nitrogens with zero attached hydrogens (tertiary/aromatic N) is 1. The van der Waals surface area contributed by atoms with E-state index >= 15 is 0 Å². The summed E-state index contributed by atoms with van der Waals surface area (Å²) in [5.41, 5.74) is 2.59. The second-order valence-electron chi connectivity index (χ2n) is 3.25.